The highest BCUT2D eigenvalue weighted by molar-refractivity contribution is 8.74. The topological polar surface area (TPSA) is 48.0 Å². The number of ether oxygens (including phenoxy) is 2. The van der Waals surface area contributed by atoms with Gasteiger partial charge in [0.05, 0.1) is 28.7 Å². The van der Waals surface area contributed by atoms with Crippen LogP contribution in [0.2, 0.25) is 0 Å². The summed E-state index contributed by atoms with van der Waals surface area (Å²) in [6.45, 7) is 6.92. The molecule has 2 rings (SSSR count). The third kappa shape index (κ3) is 6.31. The Kier molecular flexibility index (Phi) is 7.78. The van der Waals surface area contributed by atoms with Crippen LogP contribution < -0.4 is 9.47 Å². The zero-order chi connectivity index (χ0) is 18.3. The third-order valence-corrected chi connectivity index (χ3v) is 5.62. The molecule has 7 heteroatoms. The maximum Gasteiger partial charge on any atom is 0.425 e. The molecule has 1 aromatic rings. The van der Waals surface area contributed by atoms with Crippen LogP contribution in [-0.2, 0) is 10.6 Å². The Balaban J connectivity index is 1.76. The van der Waals surface area contributed by atoms with Crippen LogP contribution in [0.5, 0.6) is 11.5 Å². The van der Waals surface area contributed by atoms with Gasteiger partial charge in [0.15, 0.2) is 11.5 Å². The molecule has 25 heavy (non-hydrogen) atoms. The summed E-state index contributed by atoms with van der Waals surface area (Å²) in [5, 5.41) is 0. The van der Waals surface area contributed by atoms with E-state index in [2.05, 4.69) is 6.92 Å². The maximum atomic E-state index is 12.2. The van der Waals surface area contributed by atoms with Crippen LogP contribution >= 0.6 is 22.1 Å². The molecule has 0 saturated heterocycles. The predicted octanol–water partition coefficient (Wildman–Crippen LogP) is 5.64. The molecule has 1 heterocycles. The van der Waals surface area contributed by atoms with Crippen LogP contribution in [0.1, 0.15) is 52.0 Å². The lowest BCUT2D eigenvalue weighted by atomic mass is 10.0. The molecule has 0 unspecified atom stereocenters. The Bertz CT molecular complexity index is 580. The Morgan fingerprint density at radius 1 is 1.32 bits per heavy atom. The molecule has 1 aliphatic rings. The molecule has 0 radical (unpaired) electrons. The molecule has 0 spiro atoms. The van der Waals surface area contributed by atoms with Gasteiger partial charge in [-0.2, -0.15) is 0 Å². The number of hydrogen-bond donors (Lipinski definition) is 0. The second-order valence-electron chi connectivity index (χ2n) is 6.67. The number of carbonyl (C=O) groups is 1. The quantitative estimate of drug-likeness (QED) is 0.237. The van der Waals surface area contributed by atoms with E-state index in [-0.39, 0.29) is 5.60 Å². The molecule has 0 N–H and O–H groups in total. The van der Waals surface area contributed by atoms with Gasteiger partial charge in [-0.05, 0) is 26.3 Å². The number of amides is 1. The molecule has 0 atom stereocenters. The van der Waals surface area contributed by atoms with Gasteiger partial charge in [-0.1, -0.05) is 38.3 Å². The summed E-state index contributed by atoms with van der Waals surface area (Å²) < 4.78 is 18.3. The number of fused-ring (bicyclic) bond motifs is 1. The lowest BCUT2D eigenvalue weighted by Crippen LogP contribution is -2.25. The van der Waals surface area contributed by atoms with Gasteiger partial charge in [-0.3, -0.25) is 0 Å². The molecule has 0 fully saturated rings. The third-order valence-electron chi connectivity index (χ3n) is 3.78. The van der Waals surface area contributed by atoms with E-state index in [1.807, 2.05) is 26.0 Å². The summed E-state index contributed by atoms with van der Waals surface area (Å²) in [4.78, 5) is 12.2. The number of rotatable bonds is 9. The molecule has 140 valence electrons. The molecule has 1 aromatic carbocycles. The van der Waals surface area contributed by atoms with Gasteiger partial charge >= 0.3 is 6.09 Å². The van der Waals surface area contributed by atoms with Crippen molar-refractivity contribution in [1.29, 1.82) is 0 Å². The summed E-state index contributed by atoms with van der Waals surface area (Å²) in [6, 6.07) is 5.64. The van der Waals surface area contributed by atoms with E-state index in [4.69, 9.17) is 13.7 Å². The van der Waals surface area contributed by atoms with Crippen molar-refractivity contribution in [2.45, 2.75) is 58.5 Å². The normalized spacial score (nSPS) is 14.7. The van der Waals surface area contributed by atoms with Crippen LogP contribution in [0.3, 0.4) is 0 Å². The van der Waals surface area contributed by atoms with E-state index in [1.165, 1.54) is 45.6 Å². The van der Waals surface area contributed by atoms with Gasteiger partial charge in [0.25, 0.3) is 0 Å². The standard InChI is InChI=1S/C18H27NO4S2/c1-5-6-7-8-12-21-25-24-19(4)17(20)22-15-11-9-10-14-13-18(2,3)23-16(14)15/h9-11H,5-8,12-13H2,1-4H3. The van der Waals surface area contributed by atoms with E-state index in [0.29, 0.717) is 18.1 Å². The summed E-state index contributed by atoms with van der Waals surface area (Å²) in [6.07, 6.45) is 5.01. The van der Waals surface area contributed by atoms with Crippen LogP contribution in [0, 0.1) is 0 Å². The van der Waals surface area contributed by atoms with Gasteiger partial charge in [-0.15, -0.1) is 0 Å². The second kappa shape index (κ2) is 9.59. The number of unbranched alkanes of at least 4 members (excludes halogenated alkanes) is 3. The van der Waals surface area contributed by atoms with Crippen molar-refractivity contribution in [3.05, 3.63) is 23.8 Å². The fourth-order valence-electron chi connectivity index (χ4n) is 2.55. The average molecular weight is 386 g/mol. The molecule has 0 saturated carbocycles. The van der Waals surface area contributed by atoms with Crippen molar-refractivity contribution in [3.8, 4) is 11.5 Å². The lowest BCUT2D eigenvalue weighted by Gasteiger charge is -2.19. The van der Waals surface area contributed by atoms with Crippen molar-refractivity contribution >= 4 is 28.1 Å². The van der Waals surface area contributed by atoms with Gasteiger partial charge in [0.2, 0.25) is 0 Å². The lowest BCUT2D eigenvalue weighted by molar-refractivity contribution is 0.132. The summed E-state index contributed by atoms with van der Waals surface area (Å²) >= 11 is 1.19. The number of para-hydroxylation sites is 1. The Labute approximate surface area is 158 Å². The Hall–Kier alpha value is -1.05. The highest BCUT2D eigenvalue weighted by Crippen LogP contribution is 2.42. The molecular formula is C18H27NO4S2. The van der Waals surface area contributed by atoms with E-state index in [9.17, 15) is 4.79 Å². The molecule has 0 aromatic heterocycles. The average Bonchev–Trinajstić information content (AvgIpc) is 2.88. The first-order chi connectivity index (χ1) is 11.9. The summed E-state index contributed by atoms with van der Waals surface area (Å²) in [5.41, 5.74) is 0.794. The smallest absolute Gasteiger partial charge is 0.425 e. The van der Waals surface area contributed by atoms with E-state index >= 15 is 0 Å². The first-order valence-electron chi connectivity index (χ1n) is 8.65. The van der Waals surface area contributed by atoms with Crippen molar-refractivity contribution < 1.29 is 18.5 Å². The van der Waals surface area contributed by atoms with E-state index < -0.39 is 6.09 Å². The number of nitrogens with zero attached hydrogens (tertiary/aromatic N) is 1. The number of hydrogen-bond acceptors (Lipinski definition) is 6. The maximum absolute atomic E-state index is 12.2. The molecule has 1 aliphatic heterocycles. The first kappa shape index (κ1) is 20.3. The van der Waals surface area contributed by atoms with Crippen LogP contribution in [-0.4, -0.2) is 29.7 Å². The monoisotopic (exact) mass is 385 g/mol. The van der Waals surface area contributed by atoms with Gasteiger partial charge in [-0.25, -0.2) is 9.10 Å². The van der Waals surface area contributed by atoms with E-state index in [0.717, 1.165) is 18.4 Å². The Morgan fingerprint density at radius 2 is 2.12 bits per heavy atom. The van der Waals surface area contributed by atoms with Crippen molar-refractivity contribution in [2.24, 2.45) is 0 Å². The number of carbonyl (C=O) groups excluding carboxylic acids is 1. The van der Waals surface area contributed by atoms with Gasteiger partial charge in [0.1, 0.15) is 5.60 Å². The molecule has 0 aliphatic carbocycles. The van der Waals surface area contributed by atoms with Crippen molar-refractivity contribution in [2.75, 3.05) is 13.7 Å². The fourth-order valence-corrected chi connectivity index (χ4v) is 3.75. The van der Waals surface area contributed by atoms with Crippen LogP contribution in [0.25, 0.3) is 0 Å². The predicted molar refractivity (Wildman–Crippen MR) is 104 cm³/mol. The highest BCUT2D eigenvalue weighted by atomic mass is 33.1. The molecule has 5 nitrogen and oxygen atoms in total. The van der Waals surface area contributed by atoms with Crippen LogP contribution in [0.4, 0.5) is 4.79 Å². The van der Waals surface area contributed by atoms with Crippen molar-refractivity contribution in [3.63, 3.8) is 0 Å². The largest absolute Gasteiger partial charge is 0.483 e. The minimum atomic E-state index is -0.450. The van der Waals surface area contributed by atoms with Gasteiger partial charge < -0.3 is 13.7 Å². The molecular weight excluding hydrogens is 358 g/mol. The zero-order valence-corrected chi connectivity index (χ0v) is 17.0. The zero-order valence-electron chi connectivity index (χ0n) is 15.4. The second-order valence-corrected chi connectivity index (χ2v) is 8.60. The van der Waals surface area contributed by atoms with Crippen molar-refractivity contribution in [1.82, 2.24) is 4.31 Å². The Morgan fingerprint density at radius 3 is 2.88 bits per heavy atom. The fraction of sp³-hybridized carbons (Fsp3) is 0.611. The molecule has 1 amide bonds. The number of benzene rings is 1. The summed E-state index contributed by atoms with van der Waals surface area (Å²) in [5.74, 6) is 1.13. The summed E-state index contributed by atoms with van der Waals surface area (Å²) in [7, 11) is 2.87. The first-order valence-corrected chi connectivity index (χ1v) is 10.7. The van der Waals surface area contributed by atoms with E-state index in [1.54, 1.807) is 13.1 Å². The van der Waals surface area contributed by atoms with Crippen LogP contribution in [0.15, 0.2) is 18.2 Å². The SMILES string of the molecule is CCCCCCOSSN(C)C(=O)Oc1cccc2c1OC(C)(C)C2. The highest BCUT2D eigenvalue weighted by Gasteiger charge is 2.33. The minimum absolute atomic E-state index is 0.271. The minimum Gasteiger partial charge on any atom is -0.483 e. The molecule has 0 bridgehead atoms. The van der Waals surface area contributed by atoms with Gasteiger partial charge in [0, 0.05) is 19.0 Å².